The van der Waals surface area contributed by atoms with Gasteiger partial charge < -0.3 is 10.2 Å². The van der Waals surface area contributed by atoms with Crippen LogP contribution in [0.5, 0.6) is 0 Å². The van der Waals surface area contributed by atoms with Crippen molar-refractivity contribution in [1.82, 2.24) is 14.5 Å². The van der Waals surface area contributed by atoms with Gasteiger partial charge in [-0.25, -0.2) is 4.98 Å². The minimum absolute atomic E-state index is 0.0496. The molecule has 32 heavy (non-hydrogen) atoms. The minimum Gasteiger partial charge on any atom is -0.349 e. The summed E-state index contributed by atoms with van der Waals surface area (Å²) in [5, 5.41) is 3.90. The molecule has 0 aliphatic carbocycles. The lowest BCUT2D eigenvalue weighted by Crippen LogP contribution is -2.22. The van der Waals surface area contributed by atoms with E-state index in [9.17, 15) is 9.59 Å². The van der Waals surface area contributed by atoms with Crippen molar-refractivity contribution < 1.29 is 4.79 Å². The van der Waals surface area contributed by atoms with Crippen LogP contribution in [-0.2, 0) is 11.2 Å². The summed E-state index contributed by atoms with van der Waals surface area (Å²) in [4.78, 5) is 31.6. The Hall–Kier alpha value is -3.93. The van der Waals surface area contributed by atoms with Crippen LogP contribution < -0.4 is 10.7 Å². The van der Waals surface area contributed by atoms with Gasteiger partial charge in [0.2, 0.25) is 5.91 Å². The molecule has 6 nitrogen and oxygen atoms in total. The van der Waals surface area contributed by atoms with Gasteiger partial charge in [-0.1, -0.05) is 36.4 Å². The molecule has 0 radical (unpaired) electrons. The van der Waals surface area contributed by atoms with Gasteiger partial charge in [0.1, 0.15) is 11.5 Å². The van der Waals surface area contributed by atoms with Crippen LogP contribution >= 0.6 is 0 Å². The molecule has 0 aliphatic heterocycles. The maximum absolute atomic E-state index is 13.1. The average Bonchev–Trinajstić information content (AvgIpc) is 2.79. The first-order valence-corrected chi connectivity index (χ1v) is 10.6. The molecule has 162 valence electrons. The molecule has 2 aromatic heterocycles. The third-order valence-electron chi connectivity index (χ3n) is 5.45. The fourth-order valence-electron chi connectivity index (χ4n) is 3.68. The first-order valence-electron chi connectivity index (χ1n) is 10.6. The number of anilines is 2. The van der Waals surface area contributed by atoms with Gasteiger partial charge in [-0.2, -0.15) is 0 Å². The summed E-state index contributed by atoms with van der Waals surface area (Å²) in [6, 6.07) is 23.1. The zero-order valence-corrected chi connectivity index (χ0v) is 18.5. The Kier molecular flexibility index (Phi) is 6.03. The molecule has 1 amide bonds. The standard InChI is InChI=1S/C26H26N4O2/c1-18-19(14-15-25(32)29(2)3)16-22-23(31)17-24(28-20-10-6-4-7-11-20)30(26(22)27-18)21-12-8-5-9-13-21/h4-13,16-17,28H,14-15H2,1-3H3. The normalized spacial score (nSPS) is 10.8. The highest BCUT2D eigenvalue weighted by molar-refractivity contribution is 5.82. The van der Waals surface area contributed by atoms with E-state index in [1.54, 1.807) is 25.1 Å². The van der Waals surface area contributed by atoms with Gasteiger partial charge >= 0.3 is 0 Å². The third kappa shape index (κ3) is 4.39. The number of carbonyl (C=O) groups is 1. The summed E-state index contributed by atoms with van der Waals surface area (Å²) in [5.74, 6) is 0.691. The Morgan fingerprint density at radius 1 is 1.00 bits per heavy atom. The molecule has 0 atom stereocenters. The number of benzene rings is 2. The molecule has 0 saturated heterocycles. The number of nitrogens with zero attached hydrogens (tertiary/aromatic N) is 3. The van der Waals surface area contributed by atoms with Crippen molar-refractivity contribution in [3.8, 4) is 5.69 Å². The molecule has 0 bridgehead atoms. The predicted octanol–water partition coefficient (Wildman–Crippen LogP) is 4.46. The summed E-state index contributed by atoms with van der Waals surface area (Å²) in [6.07, 6.45) is 0.919. The Labute approximate surface area is 187 Å². The first-order chi connectivity index (χ1) is 15.4. The number of hydrogen-bond acceptors (Lipinski definition) is 4. The van der Waals surface area contributed by atoms with Gasteiger partial charge in [0, 0.05) is 43.7 Å². The summed E-state index contributed by atoms with van der Waals surface area (Å²) < 4.78 is 1.96. The molecule has 4 rings (SSSR count). The molecular formula is C26H26N4O2. The Morgan fingerprint density at radius 3 is 2.31 bits per heavy atom. The molecule has 0 saturated carbocycles. The highest BCUT2D eigenvalue weighted by atomic mass is 16.2. The topological polar surface area (TPSA) is 67.2 Å². The van der Waals surface area contributed by atoms with E-state index in [2.05, 4.69) is 5.32 Å². The summed E-state index contributed by atoms with van der Waals surface area (Å²) in [7, 11) is 3.49. The Morgan fingerprint density at radius 2 is 1.66 bits per heavy atom. The lowest BCUT2D eigenvalue weighted by Gasteiger charge is -2.19. The van der Waals surface area contributed by atoms with Crippen molar-refractivity contribution in [3.63, 3.8) is 0 Å². The third-order valence-corrected chi connectivity index (χ3v) is 5.45. The number of aryl methyl sites for hydroxylation is 2. The molecule has 0 spiro atoms. The number of para-hydroxylation sites is 2. The molecular weight excluding hydrogens is 400 g/mol. The molecule has 0 aliphatic rings. The number of nitrogens with one attached hydrogen (secondary N) is 1. The van der Waals surface area contributed by atoms with Crippen LogP contribution in [0.1, 0.15) is 17.7 Å². The largest absolute Gasteiger partial charge is 0.349 e. The van der Waals surface area contributed by atoms with Crippen LogP contribution in [-0.4, -0.2) is 34.5 Å². The molecule has 0 unspecified atom stereocenters. The predicted molar refractivity (Wildman–Crippen MR) is 129 cm³/mol. The van der Waals surface area contributed by atoms with Crippen LogP contribution in [0, 0.1) is 6.92 Å². The van der Waals surface area contributed by atoms with Crippen LogP contribution in [0.3, 0.4) is 0 Å². The number of amides is 1. The van der Waals surface area contributed by atoms with E-state index in [0.717, 1.165) is 22.6 Å². The fourth-order valence-corrected chi connectivity index (χ4v) is 3.68. The van der Waals surface area contributed by atoms with E-state index in [1.165, 1.54) is 0 Å². The van der Waals surface area contributed by atoms with E-state index in [4.69, 9.17) is 4.98 Å². The first kappa shape index (κ1) is 21.3. The van der Waals surface area contributed by atoms with E-state index in [-0.39, 0.29) is 11.3 Å². The second-order valence-electron chi connectivity index (χ2n) is 7.95. The lowest BCUT2D eigenvalue weighted by atomic mass is 10.1. The van der Waals surface area contributed by atoms with Gasteiger partial charge in [-0.3, -0.25) is 14.2 Å². The van der Waals surface area contributed by atoms with Crippen molar-refractivity contribution in [3.05, 3.63) is 94.3 Å². The Bertz CT molecular complexity index is 1310. The number of aromatic nitrogens is 2. The maximum Gasteiger partial charge on any atom is 0.222 e. The lowest BCUT2D eigenvalue weighted by molar-refractivity contribution is -0.128. The summed E-state index contributed by atoms with van der Waals surface area (Å²) in [6.45, 7) is 1.92. The molecule has 1 N–H and O–H groups in total. The van der Waals surface area contributed by atoms with E-state index >= 15 is 0 Å². The van der Waals surface area contributed by atoms with E-state index in [0.29, 0.717) is 29.7 Å². The number of pyridine rings is 2. The second kappa shape index (κ2) is 9.06. The quantitative estimate of drug-likeness (QED) is 0.494. The van der Waals surface area contributed by atoms with Gasteiger partial charge in [-0.05, 0) is 49.2 Å². The molecule has 6 heteroatoms. The van der Waals surface area contributed by atoms with Crippen LogP contribution in [0.4, 0.5) is 11.5 Å². The maximum atomic E-state index is 13.1. The monoisotopic (exact) mass is 426 g/mol. The second-order valence-corrected chi connectivity index (χ2v) is 7.95. The average molecular weight is 427 g/mol. The minimum atomic E-state index is -0.113. The molecule has 2 aromatic carbocycles. The summed E-state index contributed by atoms with van der Waals surface area (Å²) >= 11 is 0. The molecule has 4 aromatic rings. The van der Waals surface area contributed by atoms with Crippen LogP contribution in [0.2, 0.25) is 0 Å². The SMILES string of the molecule is Cc1nc2c(cc1CCC(=O)N(C)C)c(=O)cc(Nc1ccccc1)n2-c1ccccc1. The van der Waals surface area contributed by atoms with Gasteiger partial charge in [-0.15, -0.1) is 0 Å². The van der Waals surface area contributed by atoms with E-state index < -0.39 is 0 Å². The molecule has 0 fully saturated rings. The number of rotatable bonds is 6. The van der Waals surface area contributed by atoms with Crippen molar-refractivity contribution in [2.75, 3.05) is 19.4 Å². The van der Waals surface area contributed by atoms with Crippen molar-refractivity contribution in [2.24, 2.45) is 0 Å². The van der Waals surface area contributed by atoms with Gasteiger partial charge in [0.25, 0.3) is 0 Å². The van der Waals surface area contributed by atoms with E-state index in [1.807, 2.05) is 78.2 Å². The Balaban J connectivity index is 1.87. The van der Waals surface area contributed by atoms with Crippen molar-refractivity contribution in [2.45, 2.75) is 19.8 Å². The zero-order valence-electron chi connectivity index (χ0n) is 18.5. The number of fused-ring (bicyclic) bond motifs is 1. The fraction of sp³-hybridized carbons (Fsp3) is 0.192. The van der Waals surface area contributed by atoms with Crippen molar-refractivity contribution >= 4 is 28.4 Å². The smallest absolute Gasteiger partial charge is 0.222 e. The van der Waals surface area contributed by atoms with Gasteiger partial charge in [0.15, 0.2) is 5.43 Å². The number of hydrogen-bond donors (Lipinski definition) is 1. The number of carbonyl (C=O) groups excluding carboxylic acids is 1. The highest BCUT2D eigenvalue weighted by Crippen LogP contribution is 2.25. The van der Waals surface area contributed by atoms with Crippen LogP contribution in [0.25, 0.3) is 16.7 Å². The molecule has 2 heterocycles. The van der Waals surface area contributed by atoms with Gasteiger partial charge in [0.05, 0.1) is 5.39 Å². The zero-order chi connectivity index (χ0) is 22.7. The highest BCUT2D eigenvalue weighted by Gasteiger charge is 2.16. The van der Waals surface area contributed by atoms with Crippen molar-refractivity contribution in [1.29, 1.82) is 0 Å². The summed E-state index contributed by atoms with van der Waals surface area (Å²) in [5.41, 5.74) is 3.98. The van der Waals surface area contributed by atoms with Crippen LogP contribution in [0.15, 0.2) is 77.6 Å².